The molecule has 0 aromatic carbocycles. The number of methoxy groups -OCH3 is 1. The summed E-state index contributed by atoms with van der Waals surface area (Å²) in [4.78, 5) is 4.40. The molecule has 0 aliphatic heterocycles. The molecule has 1 saturated carbocycles. The van der Waals surface area contributed by atoms with E-state index in [0.29, 0.717) is 12.1 Å². The molecule has 21 heavy (non-hydrogen) atoms. The molecule has 1 aliphatic rings. The van der Waals surface area contributed by atoms with Gasteiger partial charge < -0.3 is 14.8 Å². The second kappa shape index (κ2) is 7.76. The fourth-order valence-corrected chi connectivity index (χ4v) is 2.72. The van der Waals surface area contributed by atoms with Crippen LogP contribution >= 0.6 is 0 Å². The van der Waals surface area contributed by atoms with Crippen LogP contribution in [0.15, 0.2) is 12.3 Å². The first-order chi connectivity index (χ1) is 10.1. The van der Waals surface area contributed by atoms with Crippen molar-refractivity contribution in [2.75, 3.05) is 7.11 Å². The monoisotopic (exact) mass is 292 g/mol. The van der Waals surface area contributed by atoms with Gasteiger partial charge in [0.05, 0.1) is 6.10 Å². The normalized spacial score (nSPS) is 22.5. The van der Waals surface area contributed by atoms with Gasteiger partial charge in [0.15, 0.2) is 0 Å². The van der Waals surface area contributed by atoms with Crippen molar-refractivity contribution in [3.63, 3.8) is 0 Å². The number of nitrogens with zero attached hydrogens (tertiary/aromatic N) is 1. The summed E-state index contributed by atoms with van der Waals surface area (Å²) in [6.07, 6.45) is 6.93. The smallest absolute Gasteiger partial charge is 0.127 e. The third kappa shape index (κ3) is 4.97. The Kier molecular flexibility index (Phi) is 6.00. The summed E-state index contributed by atoms with van der Waals surface area (Å²) in [5.41, 5.74) is 2.13. The highest BCUT2D eigenvalue weighted by molar-refractivity contribution is 5.33. The maximum absolute atomic E-state index is 6.27. The van der Waals surface area contributed by atoms with Crippen molar-refractivity contribution in [1.29, 1.82) is 0 Å². The average molecular weight is 292 g/mol. The van der Waals surface area contributed by atoms with E-state index in [-0.39, 0.29) is 6.10 Å². The first-order valence-electron chi connectivity index (χ1n) is 7.97. The zero-order chi connectivity index (χ0) is 15.2. The Balaban J connectivity index is 2.04. The van der Waals surface area contributed by atoms with Crippen LogP contribution in [0.3, 0.4) is 0 Å². The Hall–Kier alpha value is -1.13. The Morgan fingerprint density at radius 1 is 1.33 bits per heavy atom. The van der Waals surface area contributed by atoms with Crippen LogP contribution in [0.5, 0.6) is 5.75 Å². The van der Waals surface area contributed by atoms with E-state index in [9.17, 15) is 0 Å². The van der Waals surface area contributed by atoms with Gasteiger partial charge in [-0.25, -0.2) is 0 Å². The molecule has 1 aromatic rings. The average Bonchev–Trinajstić information content (AvgIpc) is 2.46. The second-order valence-electron chi connectivity index (χ2n) is 6.23. The van der Waals surface area contributed by atoms with E-state index in [2.05, 4.69) is 24.1 Å². The predicted molar refractivity (Wildman–Crippen MR) is 84.6 cm³/mol. The molecule has 0 spiro atoms. The molecule has 1 aliphatic carbocycles. The van der Waals surface area contributed by atoms with E-state index in [4.69, 9.17) is 9.47 Å². The minimum absolute atomic E-state index is 0.253. The number of hydrogen-bond donors (Lipinski definition) is 1. The van der Waals surface area contributed by atoms with Gasteiger partial charge in [-0.3, -0.25) is 4.98 Å². The van der Waals surface area contributed by atoms with Crippen molar-refractivity contribution >= 4 is 0 Å². The van der Waals surface area contributed by atoms with Crippen molar-refractivity contribution in [3.05, 3.63) is 23.5 Å². The molecular formula is C17H28N2O2. The third-order valence-electron chi connectivity index (χ3n) is 3.99. The molecule has 0 saturated heterocycles. The van der Waals surface area contributed by atoms with Crippen molar-refractivity contribution in [2.24, 2.45) is 0 Å². The van der Waals surface area contributed by atoms with Gasteiger partial charge in [0.1, 0.15) is 11.9 Å². The van der Waals surface area contributed by atoms with E-state index in [1.54, 1.807) is 7.11 Å². The minimum Gasteiger partial charge on any atom is -0.490 e. The Morgan fingerprint density at radius 2 is 2.10 bits per heavy atom. The maximum atomic E-state index is 6.27. The van der Waals surface area contributed by atoms with Gasteiger partial charge in [0.2, 0.25) is 0 Å². The zero-order valence-corrected chi connectivity index (χ0v) is 13.7. The summed E-state index contributed by atoms with van der Waals surface area (Å²) in [6.45, 7) is 7.09. The fourth-order valence-electron chi connectivity index (χ4n) is 2.72. The Morgan fingerprint density at radius 3 is 2.81 bits per heavy atom. The molecule has 2 unspecified atom stereocenters. The van der Waals surface area contributed by atoms with E-state index in [0.717, 1.165) is 42.8 Å². The van der Waals surface area contributed by atoms with E-state index >= 15 is 0 Å². The lowest BCUT2D eigenvalue weighted by Gasteiger charge is -2.29. The summed E-state index contributed by atoms with van der Waals surface area (Å²) in [5.74, 6) is 0.970. The van der Waals surface area contributed by atoms with Crippen LogP contribution in [-0.4, -0.2) is 30.3 Å². The number of rotatable bonds is 6. The number of ether oxygens (including phenoxy) is 2. The number of aromatic nitrogens is 1. The molecule has 1 fully saturated rings. The highest BCUT2D eigenvalue weighted by Gasteiger charge is 2.23. The van der Waals surface area contributed by atoms with Crippen molar-refractivity contribution in [2.45, 2.75) is 71.2 Å². The summed E-state index contributed by atoms with van der Waals surface area (Å²) >= 11 is 0. The summed E-state index contributed by atoms with van der Waals surface area (Å²) < 4.78 is 11.8. The minimum atomic E-state index is 0.253. The molecular weight excluding hydrogens is 264 g/mol. The molecule has 0 bridgehead atoms. The van der Waals surface area contributed by atoms with Crippen LogP contribution in [0.1, 0.15) is 50.8 Å². The molecule has 2 atom stereocenters. The summed E-state index contributed by atoms with van der Waals surface area (Å²) in [5, 5.41) is 3.43. The van der Waals surface area contributed by atoms with Crippen molar-refractivity contribution in [1.82, 2.24) is 10.3 Å². The lowest BCUT2D eigenvalue weighted by Crippen LogP contribution is -2.30. The topological polar surface area (TPSA) is 43.4 Å². The molecule has 1 heterocycles. The van der Waals surface area contributed by atoms with E-state index in [1.807, 2.05) is 19.2 Å². The third-order valence-corrected chi connectivity index (χ3v) is 3.99. The Labute approximate surface area is 128 Å². The van der Waals surface area contributed by atoms with Crippen LogP contribution in [0.25, 0.3) is 0 Å². The number of pyridine rings is 1. The Bertz CT molecular complexity index is 448. The van der Waals surface area contributed by atoms with Gasteiger partial charge in [-0.2, -0.15) is 0 Å². The highest BCUT2D eigenvalue weighted by Crippen LogP contribution is 2.27. The first kappa shape index (κ1) is 16.2. The highest BCUT2D eigenvalue weighted by atomic mass is 16.5. The van der Waals surface area contributed by atoms with Crippen LogP contribution in [0.2, 0.25) is 0 Å². The van der Waals surface area contributed by atoms with Crippen LogP contribution in [0.4, 0.5) is 0 Å². The summed E-state index contributed by atoms with van der Waals surface area (Å²) in [7, 11) is 1.79. The molecule has 2 rings (SSSR count). The lowest BCUT2D eigenvalue weighted by atomic mass is 9.95. The van der Waals surface area contributed by atoms with Crippen LogP contribution in [0, 0.1) is 6.92 Å². The standard InChI is InChI=1S/C17H28N2O2/c1-12(2)18-10-14-11-19-13(3)8-17(14)21-16-7-5-6-15(9-16)20-4/h8,11-12,15-16,18H,5-7,9-10H2,1-4H3. The lowest BCUT2D eigenvalue weighted by molar-refractivity contribution is 0.0206. The molecule has 0 radical (unpaired) electrons. The van der Waals surface area contributed by atoms with Gasteiger partial charge in [0, 0.05) is 49.6 Å². The number of nitrogens with one attached hydrogen (secondary N) is 1. The van der Waals surface area contributed by atoms with Crippen molar-refractivity contribution in [3.8, 4) is 5.75 Å². The molecule has 118 valence electrons. The predicted octanol–water partition coefficient (Wildman–Crippen LogP) is 3.22. The van der Waals surface area contributed by atoms with Crippen LogP contribution in [-0.2, 0) is 11.3 Å². The SMILES string of the molecule is COC1CCCC(Oc2cc(C)ncc2CNC(C)C)C1. The fraction of sp³-hybridized carbons (Fsp3) is 0.706. The van der Waals surface area contributed by atoms with E-state index < -0.39 is 0 Å². The molecule has 0 amide bonds. The van der Waals surface area contributed by atoms with Crippen LogP contribution < -0.4 is 10.1 Å². The molecule has 4 heteroatoms. The summed E-state index contributed by atoms with van der Waals surface area (Å²) in [6, 6.07) is 2.50. The van der Waals surface area contributed by atoms with Gasteiger partial charge in [0.25, 0.3) is 0 Å². The largest absolute Gasteiger partial charge is 0.490 e. The first-order valence-corrected chi connectivity index (χ1v) is 7.97. The molecule has 1 N–H and O–H groups in total. The van der Waals surface area contributed by atoms with Gasteiger partial charge >= 0.3 is 0 Å². The van der Waals surface area contributed by atoms with Crippen molar-refractivity contribution < 1.29 is 9.47 Å². The number of aryl methyl sites for hydroxylation is 1. The molecule has 4 nitrogen and oxygen atoms in total. The number of hydrogen-bond acceptors (Lipinski definition) is 4. The second-order valence-corrected chi connectivity index (χ2v) is 6.23. The quantitative estimate of drug-likeness (QED) is 0.874. The van der Waals surface area contributed by atoms with Gasteiger partial charge in [-0.1, -0.05) is 13.8 Å². The van der Waals surface area contributed by atoms with E-state index in [1.165, 1.54) is 6.42 Å². The zero-order valence-electron chi connectivity index (χ0n) is 13.7. The van der Waals surface area contributed by atoms with Gasteiger partial charge in [-0.05, 0) is 26.2 Å². The molecule has 1 aromatic heterocycles. The maximum Gasteiger partial charge on any atom is 0.127 e. The van der Waals surface area contributed by atoms with Gasteiger partial charge in [-0.15, -0.1) is 0 Å².